The summed E-state index contributed by atoms with van der Waals surface area (Å²) >= 11 is 6.18. The Kier molecular flexibility index (Phi) is 5.42. The largest absolute Gasteiger partial charge is 0.493 e. The summed E-state index contributed by atoms with van der Waals surface area (Å²) in [7, 11) is 4.73. The number of benzene rings is 2. The molecule has 7 nitrogen and oxygen atoms in total. The average Bonchev–Trinajstić information content (AvgIpc) is 3.24. The molecule has 168 valence electrons. The number of ketones is 1. The third-order valence-electron chi connectivity index (χ3n) is 6.04. The third-order valence-corrected chi connectivity index (χ3v) is 6.27. The minimum absolute atomic E-state index is 0.0317. The molecule has 1 atom stereocenters. The van der Waals surface area contributed by atoms with E-state index in [0.29, 0.717) is 46.3 Å². The summed E-state index contributed by atoms with van der Waals surface area (Å²) in [6.45, 7) is 0. The Balaban J connectivity index is 1.58. The van der Waals surface area contributed by atoms with Crippen LogP contribution in [-0.2, 0) is 6.42 Å². The highest BCUT2D eigenvalue weighted by atomic mass is 35.5. The lowest BCUT2D eigenvalue weighted by Gasteiger charge is -2.24. The van der Waals surface area contributed by atoms with Crippen LogP contribution in [0.1, 0.15) is 34.0 Å². The first kappa shape index (κ1) is 21.3. The van der Waals surface area contributed by atoms with Crippen LogP contribution in [0.5, 0.6) is 17.2 Å². The van der Waals surface area contributed by atoms with Crippen LogP contribution >= 0.6 is 11.6 Å². The van der Waals surface area contributed by atoms with Gasteiger partial charge in [0.05, 0.1) is 38.8 Å². The molecule has 1 unspecified atom stereocenters. The maximum Gasteiger partial charge on any atom is 0.203 e. The van der Waals surface area contributed by atoms with E-state index in [-0.39, 0.29) is 11.7 Å². The van der Waals surface area contributed by atoms with Crippen molar-refractivity contribution in [1.29, 1.82) is 0 Å². The van der Waals surface area contributed by atoms with Gasteiger partial charge in [-0.1, -0.05) is 23.7 Å². The molecular weight excluding hydrogens is 442 g/mol. The fraction of sp³-hybridized carbons (Fsp3) is 0.240. The van der Waals surface area contributed by atoms with Gasteiger partial charge in [-0.3, -0.25) is 4.79 Å². The summed E-state index contributed by atoms with van der Waals surface area (Å²) in [5, 5.41) is 5.06. The number of nitrogens with zero attached hydrogens (tertiary/aromatic N) is 3. The van der Waals surface area contributed by atoms with Crippen LogP contribution in [0, 0.1) is 0 Å². The second-order valence-corrected chi connectivity index (χ2v) is 8.36. The number of hydrogen-bond acceptors (Lipinski definition) is 6. The molecule has 1 aliphatic rings. The van der Waals surface area contributed by atoms with Gasteiger partial charge in [0.25, 0.3) is 0 Å². The molecule has 8 heteroatoms. The molecule has 0 aliphatic heterocycles. The zero-order valence-corrected chi connectivity index (χ0v) is 19.2. The van der Waals surface area contributed by atoms with Crippen molar-refractivity contribution in [1.82, 2.24) is 14.6 Å². The van der Waals surface area contributed by atoms with Gasteiger partial charge in [0, 0.05) is 23.2 Å². The van der Waals surface area contributed by atoms with E-state index < -0.39 is 0 Å². The molecule has 2 aromatic carbocycles. The zero-order valence-electron chi connectivity index (χ0n) is 18.5. The monoisotopic (exact) mass is 463 g/mol. The number of carbonyl (C=O) groups excluding carboxylic acids is 1. The van der Waals surface area contributed by atoms with E-state index in [0.717, 1.165) is 22.4 Å². The van der Waals surface area contributed by atoms with Crippen LogP contribution in [0.2, 0.25) is 5.02 Å². The van der Waals surface area contributed by atoms with Crippen molar-refractivity contribution in [2.45, 2.75) is 18.8 Å². The number of halogens is 1. The Bertz CT molecular complexity index is 1360. The van der Waals surface area contributed by atoms with Crippen LogP contribution in [0.15, 0.2) is 48.8 Å². The molecule has 5 rings (SSSR count). The summed E-state index contributed by atoms with van der Waals surface area (Å²) in [5.41, 5.74) is 4.77. The number of methoxy groups -OCH3 is 3. The van der Waals surface area contributed by atoms with E-state index in [1.165, 1.54) is 0 Å². The van der Waals surface area contributed by atoms with Gasteiger partial charge in [0.15, 0.2) is 22.9 Å². The Morgan fingerprint density at radius 3 is 2.42 bits per heavy atom. The number of aromatic nitrogens is 3. The average molecular weight is 464 g/mol. The lowest BCUT2D eigenvalue weighted by molar-refractivity contribution is 0.0962. The van der Waals surface area contributed by atoms with Gasteiger partial charge in [-0.2, -0.15) is 5.10 Å². The number of Topliss-reactive ketones (excluding diaryl/α,β-unsaturated/α-hetero) is 1. The van der Waals surface area contributed by atoms with Crippen molar-refractivity contribution >= 4 is 23.0 Å². The maximum absolute atomic E-state index is 13.1. The molecule has 4 aromatic rings. The Hall–Kier alpha value is -3.58. The van der Waals surface area contributed by atoms with E-state index in [1.807, 2.05) is 36.4 Å². The predicted molar refractivity (Wildman–Crippen MR) is 125 cm³/mol. The Morgan fingerprint density at radius 1 is 1.00 bits per heavy atom. The Labute approximate surface area is 195 Å². The van der Waals surface area contributed by atoms with Crippen LogP contribution in [0.4, 0.5) is 0 Å². The van der Waals surface area contributed by atoms with E-state index in [2.05, 4.69) is 5.10 Å². The molecule has 33 heavy (non-hydrogen) atoms. The van der Waals surface area contributed by atoms with E-state index in [4.69, 9.17) is 30.8 Å². The lowest BCUT2D eigenvalue weighted by Crippen LogP contribution is -2.21. The summed E-state index contributed by atoms with van der Waals surface area (Å²) in [6, 6.07) is 11.4. The molecule has 0 saturated carbocycles. The molecule has 0 fully saturated rings. The van der Waals surface area contributed by atoms with Gasteiger partial charge >= 0.3 is 0 Å². The van der Waals surface area contributed by atoms with Crippen molar-refractivity contribution in [3.05, 3.63) is 70.6 Å². The van der Waals surface area contributed by atoms with E-state index >= 15 is 0 Å². The van der Waals surface area contributed by atoms with Crippen LogP contribution < -0.4 is 14.2 Å². The third kappa shape index (κ3) is 3.68. The minimum Gasteiger partial charge on any atom is -0.493 e. The highest BCUT2D eigenvalue weighted by Crippen LogP contribution is 2.42. The minimum atomic E-state index is -0.0637. The maximum atomic E-state index is 13.1. The topological polar surface area (TPSA) is 75.0 Å². The molecule has 2 aromatic heterocycles. The highest BCUT2D eigenvalue weighted by molar-refractivity contribution is 6.30. The van der Waals surface area contributed by atoms with Crippen molar-refractivity contribution in [2.24, 2.45) is 0 Å². The zero-order chi connectivity index (χ0) is 23.1. The van der Waals surface area contributed by atoms with Crippen molar-refractivity contribution in [3.63, 3.8) is 0 Å². The first-order valence-corrected chi connectivity index (χ1v) is 10.9. The summed E-state index contributed by atoms with van der Waals surface area (Å²) < 4.78 is 18.1. The summed E-state index contributed by atoms with van der Waals surface area (Å²) in [6.07, 6.45) is 4.50. The van der Waals surface area contributed by atoms with Gasteiger partial charge in [-0.25, -0.2) is 9.50 Å². The van der Waals surface area contributed by atoms with Gasteiger partial charge in [-0.05, 0) is 47.7 Å². The molecule has 2 heterocycles. The van der Waals surface area contributed by atoms with Gasteiger partial charge in [0.1, 0.15) is 0 Å². The number of hydrogen-bond donors (Lipinski definition) is 0. The van der Waals surface area contributed by atoms with Gasteiger partial charge in [-0.15, -0.1) is 0 Å². The summed E-state index contributed by atoms with van der Waals surface area (Å²) in [4.78, 5) is 18.0. The van der Waals surface area contributed by atoms with Gasteiger partial charge in [0.2, 0.25) is 5.75 Å². The highest BCUT2D eigenvalue weighted by Gasteiger charge is 2.30. The van der Waals surface area contributed by atoms with E-state index in [1.54, 1.807) is 38.2 Å². The van der Waals surface area contributed by atoms with Crippen molar-refractivity contribution in [3.8, 4) is 28.4 Å². The fourth-order valence-electron chi connectivity index (χ4n) is 4.41. The predicted octanol–water partition coefficient (Wildman–Crippen LogP) is 4.99. The number of carbonyl (C=O) groups is 1. The smallest absolute Gasteiger partial charge is 0.203 e. The van der Waals surface area contributed by atoms with Crippen LogP contribution in [-0.4, -0.2) is 41.7 Å². The van der Waals surface area contributed by atoms with Gasteiger partial charge < -0.3 is 14.2 Å². The molecule has 0 bridgehead atoms. The standard InChI is InChI=1S/C25H22ClN3O4/c1-31-22-10-16(11-23(32-2)24(22)33-3)15-8-20-19(21(30)9-15)13-29-25(28-20)18(12-27-29)14-5-4-6-17(26)7-14/h4-7,10-13,15H,8-9H2,1-3H3. The quantitative estimate of drug-likeness (QED) is 0.415. The molecule has 0 amide bonds. The normalized spacial score (nSPS) is 15.4. The van der Waals surface area contributed by atoms with Crippen molar-refractivity contribution < 1.29 is 19.0 Å². The number of rotatable bonds is 5. The molecule has 1 aliphatic carbocycles. The first-order chi connectivity index (χ1) is 16.0. The molecular formula is C25H22ClN3O4. The fourth-order valence-corrected chi connectivity index (χ4v) is 4.60. The number of fused-ring (bicyclic) bond motifs is 2. The summed E-state index contributed by atoms with van der Waals surface area (Å²) in [5.74, 6) is 1.62. The SMILES string of the molecule is COc1cc(C2CC(=O)c3cn4ncc(-c5cccc(Cl)c5)c4nc3C2)cc(OC)c1OC. The van der Waals surface area contributed by atoms with E-state index in [9.17, 15) is 4.79 Å². The van der Waals surface area contributed by atoms with Crippen LogP contribution in [0.3, 0.4) is 0 Å². The van der Waals surface area contributed by atoms with Crippen molar-refractivity contribution in [2.75, 3.05) is 21.3 Å². The second kappa shape index (κ2) is 8.41. The Morgan fingerprint density at radius 2 is 1.76 bits per heavy atom. The lowest BCUT2D eigenvalue weighted by atomic mass is 9.82. The second-order valence-electron chi connectivity index (χ2n) is 7.93. The molecule has 0 saturated heterocycles. The first-order valence-electron chi connectivity index (χ1n) is 10.5. The molecule has 0 N–H and O–H groups in total. The number of ether oxygens (including phenoxy) is 3. The molecule has 0 radical (unpaired) electrons. The molecule has 0 spiro atoms. The van der Waals surface area contributed by atoms with Crippen LogP contribution in [0.25, 0.3) is 16.8 Å².